The van der Waals surface area contributed by atoms with Crippen molar-refractivity contribution in [2.24, 2.45) is 5.10 Å². The molecular weight excluding hydrogens is 587 g/mol. The second kappa shape index (κ2) is 11.8. The summed E-state index contributed by atoms with van der Waals surface area (Å²) < 4.78 is 11.8. The minimum absolute atomic E-state index is 0.0405. The van der Waals surface area contributed by atoms with Crippen LogP contribution >= 0.6 is 39.1 Å². The number of furan rings is 1. The zero-order valence-corrected chi connectivity index (χ0v) is 22.6. The lowest BCUT2D eigenvalue weighted by atomic mass is 9.93. The van der Waals surface area contributed by atoms with Crippen molar-refractivity contribution in [1.82, 2.24) is 16.3 Å². The number of fused-ring (bicyclic) bond motifs is 1. The van der Waals surface area contributed by atoms with Crippen LogP contribution in [0.15, 0.2) is 56.5 Å². The summed E-state index contributed by atoms with van der Waals surface area (Å²) in [7, 11) is 0. The Labute approximate surface area is 230 Å². The first-order chi connectivity index (χ1) is 17.7. The van der Waals surface area contributed by atoms with Gasteiger partial charge in [0.2, 0.25) is 0 Å². The van der Waals surface area contributed by atoms with Gasteiger partial charge in [-0.15, -0.1) is 0 Å². The van der Waals surface area contributed by atoms with Crippen molar-refractivity contribution < 1.29 is 23.5 Å². The van der Waals surface area contributed by atoms with Gasteiger partial charge in [0.25, 0.3) is 11.8 Å². The van der Waals surface area contributed by atoms with E-state index >= 15 is 0 Å². The van der Waals surface area contributed by atoms with Crippen LogP contribution in [-0.2, 0) is 11.2 Å². The van der Waals surface area contributed by atoms with E-state index in [2.05, 4.69) is 37.3 Å². The monoisotopic (exact) mass is 606 g/mol. The van der Waals surface area contributed by atoms with Gasteiger partial charge in [0.15, 0.2) is 12.4 Å². The third kappa shape index (κ3) is 6.33. The Morgan fingerprint density at radius 1 is 1.08 bits per heavy atom. The fraction of sp³-hybridized carbons (Fsp3) is 0.200. The summed E-state index contributed by atoms with van der Waals surface area (Å²) in [6, 6.07) is 11.6. The topological polar surface area (TPSA) is 122 Å². The normalized spacial score (nSPS) is 13.6. The molecule has 0 spiro atoms. The van der Waals surface area contributed by atoms with Gasteiger partial charge in [0.05, 0.1) is 16.3 Å². The zero-order chi connectivity index (χ0) is 26.5. The average molecular weight is 608 g/mol. The molecule has 2 aromatic carbocycles. The number of hydrogen-bond acceptors (Lipinski definition) is 6. The van der Waals surface area contributed by atoms with E-state index in [-0.39, 0.29) is 29.0 Å². The molecule has 3 aromatic rings. The molecule has 12 heteroatoms. The van der Waals surface area contributed by atoms with Crippen molar-refractivity contribution in [3.8, 4) is 5.75 Å². The van der Waals surface area contributed by atoms with Crippen LogP contribution in [0.2, 0.25) is 10.0 Å². The van der Waals surface area contributed by atoms with Crippen molar-refractivity contribution in [1.29, 1.82) is 0 Å². The highest BCUT2D eigenvalue weighted by Crippen LogP contribution is 2.30. The SMILES string of the molecule is Cc1c(C(=O)NNC(=O)COc2ccc(Cl)cc2Cl)oc2c1/C(=N/NC(=O)c1ccccc1Br)CCC2. The summed E-state index contributed by atoms with van der Waals surface area (Å²) in [6.45, 7) is 1.34. The number of nitrogens with zero attached hydrogens (tertiary/aromatic N) is 1. The number of ether oxygens (including phenoxy) is 1. The maximum Gasteiger partial charge on any atom is 0.305 e. The quantitative estimate of drug-likeness (QED) is 0.342. The van der Waals surface area contributed by atoms with E-state index in [0.717, 1.165) is 6.42 Å². The van der Waals surface area contributed by atoms with Gasteiger partial charge in [-0.25, -0.2) is 5.43 Å². The van der Waals surface area contributed by atoms with Crippen LogP contribution in [0.1, 0.15) is 50.6 Å². The number of amides is 3. The molecule has 0 radical (unpaired) electrons. The Hall–Kier alpha value is -3.34. The van der Waals surface area contributed by atoms with Crippen molar-refractivity contribution in [2.45, 2.75) is 26.2 Å². The highest BCUT2D eigenvalue weighted by molar-refractivity contribution is 9.10. The Bertz CT molecular complexity index is 1410. The van der Waals surface area contributed by atoms with Gasteiger partial charge in [-0.3, -0.25) is 25.2 Å². The summed E-state index contributed by atoms with van der Waals surface area (Å²) in [6.07, 6.45) is 1.96. The molecule has 1 aliphatic rings. The number of rotatable bonds is 6. The molecule has 37 heavy (non-hydrogen) atoms. The molecule has 0 bridgehead atoms. The van der Waals surface area contributed by atoms with Crippen molar-refractivity contribution in [2.75, 3.05) is 6.61 Å². The second-order valence-corrected chi connectivity index (χ2v) is 9.75. The van der Waals surface area contributed by atoms with Crippen LogP contribution in [0.3, 0.4) is 0 Å². The van der Waals surface area contributed by atoms with Crippen LogP contribution in [0.4, 0.5) is 0 Å². The number of hydrogen-bond donors (Lipinski definition) is 3. The van der Waals surface area contributed by atoms with Gasteiger partial charge in [-0.05, 0) is 66.0 Å². The molecule has 1 heterocycles. The fourth-order valence-electron chi connectivity index (χ4n) is 3.78. The van der Waals surface area contributed by atoms with Gasteiger partial charge in [0.1, 0.15) is 11.5 Å². The van der Waals surface area contributed by atoms with Crippen LogP contribution in [0.5, 0.6) is 5.75 Å². The predicted molar refractivity (Wildman–Crippen MR) is 142 cm³/mol. The van der Waals surface area contributed by atoms with E-state index in [4.69, 9.17) is 32.4 Å². The number of hydrazone groups is 1. The average Bonchev–Trinajstić information content (AvgIpc) is 3.22. The number of carbonyl (C=O) groups is 3. The smallest absolute Gasteiger partial charge is 0.305 e. The molecule has 0 aliphatic heterocycles. The highest BCUT2D eigenvalue weighted by atomic mass is 79.9. The molecule has 9 nitrogen and oxygen atoms in total. The molecule has 1 aliphatic carbocycles. The maximum absolute atomic E-state index is 12.7. The van der Waals surface area contributed by atoms with Crippen LogP contribution in [-0.4, -0.2) is 30.0 Å². The summed E-state index contributed by atoms with van der Waals surface area (Å²) in [5.74, 6) is -0.697. The van der Waals surface area contributed by atoms with Gasteiger partial charge >= 0.3 is 5.91 Å². The van der Waals surface area contributed by atoms with Gasteiger partial charge in [-0.2, -0.15) is 5.10 Å². The number of halogens is 3. The lowest BCUT2D eigenvalue weighted by molar-refractivity contribution is -0.123. The number of hydrazine groups is 1. The minimum atomic E-state index is -0.638. The third-order valence-electron chi connectivity index (χ3n) is 5.51. The Kier molecular flexibility index (Phi) is 8.52. The van der Waals surface area contributed by atoms with E-state index in [9.17, 15) is 14.4 Å². The van der Waals surface area contributed by atoms with Gasteiger partial charge < -0.3 is 9.15 Å². The van der Waals surface area contributed by atoms with Gasteiger partial charge in [0, 0.05) is 27.0 Å². The molecule has 0 unspecified atom stereocenters. The first kappa shape index (κ1) is 26.7. The molecule has 0 saturated heterocycles. The molecule has 4 rings (SSSR count). The zero-order valence-electron chi connectivity index (χ0n) is 19.5. The van der Waals surface area contributed by atoms with E-state index in [0.29, 0.717) is 50.5 Å². The summed E-state index contributed by atoms with van der Waals surface area (Å²) in [5, 5.41) is 5.01. The third-order valence-corrected chi connectivity index (χ3v) is 6.73. The largest absolute Gasteiger partial charge is 0.482 e. The molecular formula is C25H21BrCl2N4O5. The number of nitrogens with one attached hydrogen (secondary N) is 3. The first-order valence-electron chi connectivity index (χ1n) is 11.2. The Balaban J connectivity index is 1.39. The standard InChI is InChI=1S/C25H21BrCl2N4O5/c1-13-22-18(29-31-24(34)15-5-2-3-6-16(15)26)7-4-8-20(22)37-23(13)25(35)32-30-21(33)12-36-19-10-9-14(27)11-17(19)28/h2-3,5-6,9-11H,4,7-8,12H2,1H3,(H,30,33)(H,31,34)(H,32,35)/b29-18+. The predicted octanol–water partition coefficient (Wildman–Crippen LogP) is 4.97. The number of benzene rings is 2. The number of aryl methyl sites for hydroxylation is 1. The van der Waals surface area contributed by atoms with Crippen molar-refractivity contribution in [3.63, 3.8) is 0 Å². The lowest BCUT2D eigenvalue weighted by Crippen LogP contribution is -2.43. The van der Waals surface area contributed by atoms with E-state index in [1.54, 1.807) is 31.2 Å². The molecule has 192 valence electrons. The summed E-state index contributed by atoms with van der Waals surface area (Å²) in [5.41, 5.74) is 9.47. The van der Waals surface area contributed by atoms with E-state index in [1.807, 2.05) is 6.07 Å². The maximum atomic E-state index is 12.7. The molecule has 3 N–H and O–H groups in total. The van der Waals surface area contributed by atoms with Crippen LogP contribution in [0, 0.1) is 6.92 Å². The van der Waals surface area contributed by atoms with Crippen molar-refractivity contribution in [3.05, 3.63) is 85.2 Å². The summed E-state index contributed by atoms with van der Waals surface area (Å²) >= 11 is 15.2. The molecule has 0 atom stereocenters. The number of carbonyl (C=O) groups excluding carboxylic acids is 3. The fourth-order valence-corrected chi connectivity index (χ4v) is 4.70. The Morgan fingerprint density at radius 2 is 1.86 bits per heavy atom. The molecule has 0 fully saturated rings. The van der Waals surface area contributed by atoms with E-state index < -0.39 is 11.8 Å². The molecule has 0 saturated carbocycles. The molecule has 1 aromatic heterocycles. The second-order valence-electron chi connectivity index (χ2n) is 8.05. The minimum Gasteiger partial charge on any atom is -0.482 e. The van der Waals surface area contributed by atoms with Crippen molar-refractivity contribution >= 4 is 62.6 Å². The first-order valence-corrected chi connectivity index (χ1v) is 12.7. The van der Waals surface area contributed by atoms with Crippen LogP contribution in [0.25, 0.3) is 0 Å². The Morgan fingerprint density at radius 3 is 2.62 bits per heavy atom. The summed E-state index contributed by atoms with van der Waals surface area (Å²) in [4.78, 5) is 37.4. The molecule has 3 amide bonds. The lowest BCUT2D eigenvalue weighted by Gasteiger charge is -2.13. The van der Waals surface area contributed by atoms with E-state index in [1.165, 1.54) is 12.1 Å². The van der Waals surface area contributed by atoms with Gasteiger partial charge in [-0.1, -0.05) is 35.3 Å². The highest BCUT2D eigenvalue weighted by Gasteiger charge is 2.28. The van der Waals surface area contributed by atoms with Crippen LogP contribution < -0.4 is 21.0 Å².